The third kappa shape index (κ3) is 4.99. The lowest BCUT2D eigenvalue weighted by Gasteiger charge is -2.16. The lowest BCUT2D eigenvalue weighted by Crippen LogP contribution is -2.44. The predicted octanol–water partition coefficient (Wildman–Crippen LogP) is 0.966. The number of phenolic OH excluding ortho intramolecular Hbond substituents is 1. The minimum absolute atomic E-state index is 0.201. The Morgan fingerprint density at radius 3 is 2.58 bits per heavy atom. The second-order valence-electron chi connectivity index (χ2n) is 4.39. The fourth-order valence-corrected chi connectivity index (χ4v) is 1.91. The van der Waals surface area contributed by atoms with Crippen molar-refractivity contribution in [3.63, 3.8) is 0 Å². The SMILES string of the molecule is CNC(=O)C(CCCc1ccccc1O)NC(C)=O. The first-order chi connectivity index (χ1) is 9.04. The van der Waals surface area contributed by atoms with E-state index in [0.29, 0.717) is 19.3 Å². The number of carbonyl (C=O) groups excluding carboxylic acids is 2. The molecule has 0 aliphatic rings. The highest BCUT2D eigenvalue weighted by atomic mass is 16.3. The van der Waals surface area contributed by atoms with Crippen LogP contribution in [0, 0.1) is 0 Å². The number of rotatable bonds is 6. The Morgan fingerprint density at radius 2 is 2.00 bits per heavy atom. The second kappa shape index (κ2) is 7.41. The summed E-state index contributed by atoms with van der Waals surface area (Å²) >= 11 is 0. The van der Waals surface area contributed by atoms with Gasteiger partial charge in [-0.05, 0) is 30.9 Å². The van der Waals surface area contributed by atoms with Gasteiger partial charge in [0.25, 0.3) is 0 Å². The fourth-order valence-electron chi connectivity index (χ4n) is 1.91. The average molecular weight is 264 g/mol. The highest BCUT2D eigenvalue weighted by Gasteiger charge is 2.17. The molecule has 0 radical (unpaired) electrons. The van der Waals surface area contributed by atoms with Gasteiger partial charge in [0.05, 0.1) is 0 Å². The van der Waals surface area contributed by atoms with Gasteiger partial charge < -0.3 is 15.7 Å². The average Bonchev–Trinajstić information content (AvgIpc) is 2.38. The van der Waals surface area contributed by atoms with Crippen LogP contribution in [0.25, 0.3) is 0 Å². The lowest BCUT2D eigenvalue weighted by atomic mass is 10.0. The highest BCUT2D eigenvalue weighted by molar-refractivity contribution is 5.86. The third-order valence-corrected chi connectivity index (χ3v) is 2.87. The zero-order valence-electron chi connectivity index (χ0n) is 11.3. The number of amides is 2. The molecule has 3 N–H and O–H groups in total. The van der Waals surface area contributed by atoms with Gasteiger partial charge in [-0.1, -0.05) is 18.2 Å². The molecule has 5 heteroatoms. The van der Waals surface area contributed by atoms with Crippen molar-refractivity contribution in [3.8, 4) is 5.75 Å². The molecule has 0 spiro atoms. The maximum absolute atomic E-state index is 11.6. The summed E-state index contributed by atoms with van der Waals surface area (Å²) in [5.41, 5.74) is 0.848. The second-order valence-corrected chi connectivity index (χ2v) is 4.39. The summed E-state index contributed by atoms with van der Waals surface area (Å²) in [5, 5.41) is 14.8. The Kier molecular flexibility index (Phi) is 5.85. The van der Waals surface area contributed by atoms with E-state index in [1.807, 2.05) is 12.1 Å². The van der Waals surface area contributed by atoms with E-state index in [4.69, 9.17) is 0 Å². The summed E-state index contributed by atoms with van der Waals surface area (Å²) < 4.78 is 0. The van der Waals surface area contributed by atoms with E-state index in [9.17, 15) is 14.7 Å². The van der Waals surface area contributed by atoms with E-state index in [1.165, 1.54) is 6.92 Å². The number of nitrogens with one attached hydrogen (secondary N) is 2. The van der Waals surface area contributed by atoms with Gasteiger partial charge in [0.1, 0.15) is 11.8 Å². The van der Waals surface area contributed by atoms with Crippen molar-refractivity contribution in [2.75, 3.05) is 7.05 Å². The topological polar surface area (TPSA) is 78.4 Å². The first kappa shape index (κ1) is 15.0. The zero-order chi connectivity index (χ0) is 14.3. The minimum atomic E-state index is -0.520. The van der Waals surface area contributed by atoms with Crippen LogP contribution in [0.15, 0.2) is 24.3 Å². The Balaban J connectivity index is 2.50. The van der Waals surface area contributed by atoms with Crippen molar-refractivity contribution in [3.05, 3.63) is 29.8 Å². The minimum Gasteiger partial charge on any atom is -0.508 e. The smallest absolute Gasteiger partial charge is 0.242 e. The number of aromatic hydroxyl groups is 1. The molecule has 1 aromatic carbocycles. The molecule has 0 aliphatic carbocycles. The molecule has 1 unspecified atom stereocenters. The molecular weight excluding hydrogens is 244 g/mol. The highest BCUT2D eigenvalue weighted by Crippen LogP contribution is 2.18. The van der Waals surface area contributed by atoms with Crippen molar-refractivity contribution in [2.45, 2.75) is 32.2 Å². The monoisotopic (exact) mass is 264 g/mol. The van der Waals surface area contributed by atoms with Crippen LogP contribution >= 0.6 is 0 Å². The number of para-hydroxylation sites is 1. The molecular formula is C14H20N2O3. The maximum atomic E-state index is 11.6. The fraction of sp³-hybridized carbons (Fsp3) is 0.429. The molecule has 0 bridgehead atoms. The van der Waals surface area contributed by atoms with Crippen LogP contribution in [0.4, 0.5) is 0 Å². The molecule has 0 fully saturated rings. The van der Waals surface area contributed by atoms with Crippen molar-refractivity contribution in [2.24, 2.45) is 0 Å². The summed E-state index contributed by atoms with van der Waals surface area (Å²) in [6.45, 7) is 1.39. The first-order valence-electron chi connectivity index (χ1n) is 6.30. The molecule has 0 heterocycles. The van der Waals surface area contributed by atoms with Crippen LogP contribution in [0.5, 0.6) is 5.75 Å². The van der Waals surface area contributed by atoms with E-state index in [1.54, 1.807) is 19.2 Å². The normalized spacial score (nSPS) is 11.7. The number of benzene rings is 1. The van der Waals surface area contributed by atoms with E-state index in [-0.39, 0.29) is 17.6 Å². The molecule has 1 atom stereocenters. The largest absolute Gasteiger partial charge is 0.508 e. The van der Waals surface area contributed by atoms with Crippen LogP contribution < -0.4 is 10.6 Å². The maximum Gasteiger partial charge on any atom is 0.242 e. The number of hydrogen-bond donors (Lipinski definition) is 3. The number of hydrogen-bond acceptors (Lipinski definition) is 3. The van der Waals surface area contributed by atoms with Crippen molar-refractivity contribution in [1.82, 2.24) is 10.6 Å². The Bertz CT molecular complexity index is 446. The molecule has 104 valence electrons. The van der Waals surface area contributed by atoms with Gasteiger partial charge in [0.15, 0.2) is 0 Å². The molecule has 19 heavy (non-hydrogen) atoms. The van der Waals surface area contributed by atoms with Crippen LogP contribution in [-0.2, 0) is 16.0 Å². The molecule has 1 rings (SSSR count). The summed E-state index contributed by atoms with van der Waals surface area (Å²) in [4.78, 5) is 22.6. The Hall–Kier alpha value is -2.04. The predicted molar refractivity (Wildman–Crippen MR) is 72.7 cm³/mol. The van der Waals surface area contributed by atoms with Gasteiger partial charge in [-0.3, -0.25) is 9.59 Å². The van der Waals surface area contributed by atoms with Gasteiger partial charge in [-0.15, -0.1) is 0 Å². The molecule has 5 nitrogen and oxygen atoms in total. The van der Waals surface area contributed by atoms with E-state index in [2.05, 4.69) is 10.6 Å². The van der Waals surface area contributed by atoms with Gasteiger partial charge in [-0.2, -0.15) is 0 Å². The van der Waals surface area contributed by atoms with Gasteiger partial charge in [0.2, 0.25) is 11.8 Å². The molecule has 0 aromatic heterocycles. The summed E-state index contributed by atoms with van der Waals surface area (Å²) in [7, 11) is 1.54. The Morgan fingerprint density at radius 1 is 1.32 bits per heavy atom. The molecule has 1 aromatic rings. The van der Waals surface area contributed by atoms with Crippen LogP contribution in [0.3, 0.4) is 0 Å². The number of phenols is 1. The van der Waals surface area contributed by atoms with Crippen LogP contribution in [-0.4, -0.2) is 30.0 Å². The number of likely N-dealkylation sites (N-methyl/N-ethyl adjacent to an activating group) is 1. The van der Waals surface area contributed by atoms with Crippen molar-refractivity contribution < 1.29 is 14.7 Å². The summed E-state index contributed by atoms with van der Waals surface area (Å²) in [5.74, 6) is -0.165. The first-order valence-corrected chi connectivity index (χ1v) is 6.30. The van der Waals surface area contributed by atoms with Crippen LogP contribution in [0.1, 0.15) is 25.3 Å². The molecule has 2 amide bonds. The summed E-state index contributed by atoms with van der Waals surface area (Å²) in [6.07, 6.45) is 1.91. The third-order valence-electron chi connectivity index (χ3n) is 2.87. The number of carbonyl (C=O) groups is 2. The van der Waals surface area contributed by atoms with Crippen LogP contribution in [0.2, 0.25) is 0 Å². The van der Waals surface area contributed by atoms with Crippen molar-refractivity contribution in [1.29, 1.82) is 0 Å². The number of aryl methyl sites for hydroxylation is 1. The Labute approximate surface area is 113 Å². The zero-order valence-corrected chi connectivity index (χ0v) is 11.3. The van der Waals surface area contributed by atoms with E-state index in [0.717, 1.165) is 5.56 Å². The summed E-state index contributed by atoms with van der Waals surface area (Å²) in [6, 6.07) is 6.60. The van der Waals surface area contributed by atoms with E-state index < -0.39 is 6.04 Å². The molecule has 0 saturated carbocycles. The van der Waals surface area contributed by atoms with Gasteiger partial charge in [0, 0.05) is 14.0 Å². The molecule has 0 saturated heterocycles. The van der Waals surface area contributed by atoms with Crippen molar-refractivity contribution >= 4 is 11.8 Å². The standard InChI is InChI=1S/C14H20N2O3/c1-10(17)16-12(14(19)15-2)8-5-7-11-6-3-4-9-13(11)18/h3-4,6,9,12,18H,5,7-8H2,1-2H3,(H,15,19)(H,16,17). The lowest BCUT2D eigenvalue weighted by molar-refractivity contribution is -0.127. The van der Waals surface area contributed by atoms with Gasteiger partial charge >= 0.3 is 0 Å². The quantitative estimate of drug-likeness (QED) is 0.716. The van der Waals surface area contributed by atoms with Gasteiger partial charge in [-0.25, -0.2) is 0 Å². The molecule has 0 aliphatic heterocycles. The van der Waals surface area contributed by atoms with E-state index >= 15 is 0 Å².